The molecule has 1 fully saturated rings. The summed E-state index contributed by atoms with van der Waals surface area (Å²) in [5.41, 5.74) is 0. The maximum atomic E-state index is 2.54. The van der Waals surface area contributed by atoms with Gasteiger partial charge in [0, 0.05) is 0 Å². The van der Waals surface area contributed by atoms with Gasteiger partial charge in [0.2, 0.25) is 0 Å². The van der Waals surface area contributed by atoms with Crippen LogP contribution in [0.15, 0.2) is 0 Å². The van der Waals surface area contributed by atoms with E-state index < -0.39 is 0 Å². The Morgan fingerprint density at radius 2 is 2.38 bits per heavy atom. The van der Waals surface area contributed by atoms with Gasteiger partial charge in [0.25, 0.3) is 0 Å². The quantitative estimate of drug-likeness (QED) is 0.341. The monoisotopic (exact) mass is 236 g/mol. The molecule has 1 aliphatic rings. The first kappa shape index (κ1) is 9.64. The van der Waals surface area contributed by atoms with Crippen LogP contribution in [0.4, 0.5) is 0 Å². The maximum Gasteiger partial charge on any atom is 1.00 e. The van der Waals surface area contributed by atoms with Crippen LogP contribution in [0, 0.1) is 4.22 Å². The van der Waals surface area contributed by atoms with Gasteiger partial charge < -0.3 is 0 Å². The van der Waals surface area contributed by atoms with Crippen molar-refractivity contribution in [1.29, 1.82) is 0 Å². The summed E-state index contributed by atoms with van der Waals surface area (Å²) in [6, 6.07) is 0. The Kier molecular flexibility index (Phi) is 6.53. The second-order valence-electron chi connectivity index (χ2n) is 1.70. The summed E-state index contributed by atoms with van der Waals surface area (Å²) in [7, 11) is 0. The van der Waals surface area contributed by atoms with E-state index in [0.29, 0.717) is 0 Å². The Labute approximate surface area is 76.1 Å². The largest absolute Gasteiger partial charge is 1.00 e. The maximum absolute atomic E-state index is 2.54. The van der Waals surface area contributed by atoms with Crippen LogP contribution in [-0.4, -0.2) is 29.9 Å². The van der Waals surface area contributed by atoms with E-state index >= 15 is 0 Å². The first-order valence-electron chi connectivity index (χ1n) is 2.48. The van der Waals surface area contributed by atoms with Crippen LogP contribution in [-0.2, 0) is 0 Å². The molecule has 1 aliphatic heterocycles. The molecule has 42 valence electrons. The molecule has 0 radical (unpaired) electrons. The van der Waals surface area contributed by atoms with Gasteiger partial charge in [-0.1, -0.05) is 0 Å². The normalized spacial score (nSPS) is 28.9. The fraction of sp³-hybridized carbons (Fsp3) is 0.800. The van der Waals surface area contributed by atoms with Gasteiger partial charge in [-0.3, -0.25) is 0 Å². The molecule has 1 unspecified atom stereocenters. The van der Waals surface area contributed by atoms with Crippen LogP contribution in [0.1, 0.15) is 13.3 Å². The SMILES string of the molecule is CC1CC[Se][CH-][Se]1.[Li+]. The molecule has 0 aromatic carbocycles. The Bertz CT molecular complexity index is 52.4. The van der Waals surface area contributed by atoms with Crippen LogP contribution in [0.3, 0.4) is 0 Å². The molecular formula is C5H9LiSe2. The van der Waals surface area contributed by atoms with Gasteiger partial charge in [-0.25, -0.2) is 0 Å². The van der Waals surface area contributed by atoms with E-state index in [-0.39, 0.29) is 18.9 Å². The third kappa shape index (κ3) is 3.62. The standard InChI is InChI=1S/C5H9Se2.Li/c1-5-2-3-6-4-7-5;/h4-5H,2-3H2,1H3;/q-1;+1. The van der Waals surface area contributed by atoms with E-state index in [1.54, 1.807) is 0 Å². The average Bonchev–Trinajstić information content (AvgIpc) is 1.69. The summed E-state index contributed by atoms with van der Waals surface area (Å²) in [5.74, 6) is 0. The molecule has 1 rings (SSSR count). The van der Waals surface area contributed by atoms with E-state index in [4.69, 9.17) is 0 Å². The zero-order chi connectivity index (χ0) is 5.11. The second kappa shape index (κ2) is 5.42. The third-order valence-electron chi connectivity index (χ3n) is 0.998. The van der Waals surface area contributed by atoms with Crippen LogP contribution in [0.25, 0.3) is 0 Å². The summed E-state index contributed by atoms with van der Waals surface area (Å²) < 4.78 is 2.54. The molecule has 0 nitrogen and oxygen atoms in total. The second-order valence-corrected chi connectivity index (χ2v) is 8.02. The zero-order valence-corrected chi connectivity index (χ0v) is 8.81. The van der Waals surface area contributed by atoms with Crippen molar-refractivity contribution in [2.45, 2.75) is 23.5 Å². The molecule has 1 heterocycles. The van der Waals surface area contributed by atoms with E-state index in [1.165, 1.54) is 11.7 Å². The molecule has 3 heteroatoms. The molecule has 0 saturated carbocycles. The number of hydrogen-bond acceptors (Lipinski definition) is 0. The average molecular weight is 234 g/mol. The zero-order valence-electron chi connectivity index (χ0n) is 5.39. The van der Waals surface area contributed by atoms with Gasteiger partial charge in [0.05, 0.1) is 0 Å². The first-order chi connectivity index (χ1) is 3.39. The number of hydrogen-bond donors (Lipinski definition) is 0. The molecule has 0 bridgehead atoms. The molecule has 0 N–H and O–H groups in total. The summed E-state index contributed by atoms with van der Waals surface area (Å²) in [5, 5.41) is 1.51. The molecule has 8 heavy (non-hydrogen) atoms. The molecule has 0 aromatic heterocycles. The van der Waals surface area contributed by atoms with Crippen molar-refractivity contribution in [2.75, 3.05) is 0 Å². The van der Waals surface area contributed by atoms with E-state index in [9.17, 15) is 0 Å². The van der Waals surface area contributed by atoms with Crippen molar-refractivity contribution < 1.29 is 18.9 Å². The van der Waals surface area contributed by atoms with Gasteiger partial charge >= 0.3 is 76.5 Å². The van der Waals surface area contributed by atoms with Crippen molar-refractivity contribution in [3.05, 3.63) is 4.22 Å². The molecular weight excluding hydrogens is 225 g/mol. The van der Waals surface area contributed by atoms with Crippen LogP contribution in [0.2, 0.25) is 10.1 Å². The predicted octanol–water partition coefficient (Wildman–Crippen LogP) is -1.85. The smallest absolute Gasteiger partial charge is 1.00 e. The van der Waals surface area contributed by atoms with Crippen molar-refractivity contribution >= 4 is 29.9 Å². The van der Waals surface area contributed by atoms with E-state index in [2.05, 4.69) is 11.1 Å². The van der Waals surface area contributed by atoms with Gasteiger partial charge in [-0.2, -0.15) is 0 Å². The summed E-state index contributed by atoms with van der Waals surface area (Å²) in [6.45, 7) is 2.37. The van der Waals surface area contributed by atoms with Crippen LogP contribution < -0.4 is 18.9 Å². The molecule has 0 spiro atoms. The summed E-state index contributed by atoms with van der Waals surface area (Å²) >= 11 is 1.85. The predicted molar refractivity (Wildman–Crippen MR) is 34.7 cm³/mol. The molecule has 1 atom stereocenters. The Balaban J connectivity index is 0.000000490. The third-order valence-corrected chi connectivity index (χ3v) is 6.67. The topological polar surface area (TPSA) is 0 Å². The van der Waals surface area contributed by atoms with E-state index in [0.717, 1.165) is 34.7 Å². The summed E-state index contributed by atoms with van der Waals surface area (Å²) in [4.78, 5) is 1.06. The van der Waals surface area contributed by atoms with Crippen molar-refractivity contribution in [3.8, 4) is 0 Å². The van der Waals surface area contributed by atoms with Crippen LogP contribution >= 0.6 is 0 Å². The number of rotatable bonds is 0. The van der Waals surface area contributed by atoms with E-state index in [1.807, 2.05) is 0 Å². The molecule has 0 amide bonds. The molecule has 1 saturated heterocycles. The van der Waals surface area contributed by atoms with Crippen molar-refractivity contribution in [3.63, 3.8) is 0 Å². The first-order valence-corrected chi connectivity index (χ1v) is 6.66. The van der Waals surface area contributed by atoms with Crippen LogP contribution in [0.5, 0.6) is 0 Å². The molecule has 0 aliphatic carbocycles. The minimum absolute atomic E-state index is 0. The summed E-state index contributed by atoms with van der Waals surface area (Å²) in [6.07, 6.45) is 1.51. The van der Waals surface area contributed by atoms with Crippen molar-refractivity contribution in [1.82, 2.24) is 0 Å². The fourth-order valence-electron chi connectivity index (χ4n) is 0.484. The van der Waals surface area contributed by atoms with Crippen molar-refractivity contribution in [2.24, 2.45) is 0 Å². The fourth-order valence-corrected chi connectivity index (χ4v) is 7.54. The minimum Gasteiger partial charge on any atom is 1.00 e. The Morgan fingerprint density at radius 3 is 2.62 bits per heavy atom. The Morgan fingerprint density at radius 1 is 1.62 bits per heavy atom. The van der Waals surface area contributed by atoms with Gasteiger partial charge in [-0.15, -0.1) is 0 Å². The minimum atomic E-state index is 0. The van der Waals surface area contributed by atoms with Gasteiger partial charge in [-0.05, 0) is 0 Å². The Hall–Kier alpha value is 1.64. The van der Waals surface area contributed by atoms with Gasteiger partial charge in [0.15, 0.2) is 0 Å². The molecule has 0 aromatic rings. The van der Waals surface area contributed by atoms with Gasteiger partial charge in [0.1, 0.15) is 0 Å².